The molecule has 238 valence electrons. The van der Waals surface area contributed by atoms with Crippen LogP contribution in [0.5, 0.6) is 0 Å². The molecule has 4 aromatic carbocycles. The van der Waals surface area contributed by atoms with Gasteiger partial charge in [0.25, 0.3) is 0 Å². The summed E-state index contributed by atoms with van der Waals surface area (Å²) < 4.78 is 45.4. The Kier molecular flexibility index (Phi) is 9.81. The van der Waals surface area contributed by atoms with Crippen molar-refractivity contribution in [3.63, 3.8) is 0 Å². The zero-order chi connectivity index (χ0) is 31.3. The normalized spacial score (nSPS) is 29.6. The van der Waals surface area contributed by atoms with Crippen molar-refractivity contribution < 1.29 is 37.3 Å². The van der Waals surface area contributed by atoms with Gasteiger partial charge in [0.2, 0.25) is 5.91 Å². The number of amides is 1. The smallest absolute Gasteiger partial charge is 0.334 e. The number of rotatable bonds is 9. The second kappa shape index (κ2) is 14.5. The van der Waals surface area contributed by atoms with Gasteiger partial charge in [-0.1, -0.05) is 121 Å². The summed E-state index contributed by atoms with van der Waals surface area (Å²) in [6, 6.07) is 38.7. The van der Waals surface area contributed by atoms with Crippen LogP contribution in [0.2, 0.25) is 0 Å². The number of carbonyl (C=O) groups is 1. The van der Waals surface area contributed by atoms with Crippen molar-refractivity contribution in [1.82, 2.24) is 5.32 Å². The highest BCUT2D eigenvalue weighted by Crippen LogP contribution is 2.61. The first-order valence-corrected chi connectivity index (χ1v) is 16.5. The molecule has 46 heavy (non-hydrogen) atoms. The molecule has 0 saturated carbocycles. The van der Waals surface area contributed by atoms with Crippen molar-refractivity contribution in [1.29, 1.82) is 0 Å². The van der Waals surface area contributed by atoms with E-state index in [1.54, 1.807) is 0 Å². The van der Waals surface area contributed by atoms with Gasteiger partial charge in [0.05, 0.1) is 13.2 Å². The summed E-state index contributed by atoms with van der Waals surface area (Å²) in [6.07, 6.45) is -4.23. The molecule has 4 aromatic rings. The van der Waals surface area contributed by atoms with E-state index < -0.39 is 57.7 Å². The Bertz CT molecular complexity index is 1500. The Morgan fingerprint density at radius 2 is 1.30 bits per heavy atom. The van der Waals surface area contributed by atoms with Gasteiger partial charge in [-0.05, 0) is 16.7 Å². The number of benzene rings is 4. The van der Waals surface area contributed by atoms with Gasteiger partial charge < -0.3 is 37.8 Å². The minimum atomic E-state index is -1.90. The van der Waals surface area contributed by atoms with Crippen LogP contribution in [0.4, 0.5) is 0 Å². The van der Waals surface area contributed by atoms with E-state index in [0.29, 0.717) is 0 Å². The predicted octanol–water partition coefficient (Wildman–Crippen LogP) is 6.69. The Hall–Kier alpha value is -3.50. The lowest BCUT2D eigenvalue weighted by Crippen LogP contribution is -2.67. The van der Waals surface area contributed by atoms with Crippen molar-refractivity contribution in [2.45, 2.75) is 62.7 Å². The number of fused-ring (bicyclic) bond motifs is 1. The van der Waals surface area contributed by atoms with Gasteiger partial charge in [-0.15, -0.1) is 0 Å². The summed E-state index contributed by atoms with van der Waals surface area (Å²) in [4.78, 5) is 12.6. The van der Waals surface area contributed by atoms with Gasteiger partial charge in [-0.2, -0.15) is 0 Å². The van der Waals surface area contributed by atoms with Crippen molar-refractivity contribution in [2.75, 3.05) is 6.61 Å². The molecule has 3 heterocycles. The molecule has 0 bridgehead atoms. The van der Waals surface area contributed by atoms with Crippen molar-refractivity contribution in [3.05, 3.63) is 144 Å². The molecular weight excluding hydrogens is 605 g/mol. The van der Waals surface area contributed by atoms with Crippen LogP contribution in [0.25, 0.3) is 0 Å². The molecule has 10 heteroatoms. The third-order valence-electron chi connectivity index (χ3n) is 8.18. The molecule has 9 nitrogen and oxygen atoms in total. The van der Waals surface area contributed by atoms with E-state index in [4.69, 9.17) is 32.5 Å². The molecule has 3 saturated heterocycles. The van der Waals surface area contributed by atoms with Crippen LogP contribution in [0.3, 0.4) is 0 Å². The van der Waals surface area contributed by atoms with E-state index in [1.165, 1.54) is 6.92 Å². The Balaban J connectivity index is 1.19. The molecule has 0 aliphatic carbocycles. The zero-order valence-corrected chi connectivity index (χ0v) is 26.2. The highest BCUT2D eigenvalue weighted by atomic mass is 31.2. The monoisotopic (exact) mass is 641 g/mol. The second-order valence-electron chi connectivity index (χ2n) is 11.4. The Labute approximate surface area is 269 Å². The average molecular weight is 642 g/mol. The summed E-state index contributed by atoms with van der Waals surface area (Å²) in [7, 11) is -1.90. The molecule has 0 spiro atoms. The summed E-state index contributed by atoms with van der Waals surface area (Å²) in [6.45, 7) is 1.97. The Morgan fingerprint density at radius 3 is 1.87 bits per heavy atom. The van der Waals surface area contributed by atoms with E-state index in [-0.39, 0.29) is 19.1 Å². The maximum atomic E-state index is 12.6. The largest absolute Gasteiger partial charge is 0.346 e. The van der Waals surface area contributed by atoms with E-state index in [1.807, 2.05) is 121 Å². The first kappa shape index (κ1) is 31.1. The van der Waals surface area contributed by atoms with Gasteiger partial charge in [-0.3, -0.25) is 4.79 Å². The number of hydrogen-bond acceptors (Lipinski definition) is 8. The lowest BCUT2D eigenvalue weighted by molar-refractivity contribution is -0.343. The Morgan fingerprint density at radius 1 is 0.761 bits per heavy atom. The van der Waals surface area contributed by atoms with Gasteiger partial charge in [0, 0.05) is 12.5 Å². The van der Waals surface area contributed by atoms with Crippen LogP contribution in [0.1, 0.15) is 47.7 Å². The topological polar surface area (TPSA) is 93.7 Å². The molecule has 1 amide bonds. The van der Waals surface area contributed by atoms with E-state index in [0.717, 1.165) is 22.3 Å². The number of nitrogens with one attached hydrogen (secondary N) is 1. The minimum absolute atomic E-state index is 0.237. The first-order valence-electron chi connectivity index (χ1n) is 15.4. The maximum absolute atomic E-state index is 12.6. The molecule has 3 fully saturated rings. The fraction of sp³-hybridized carbons (Fsp3) is 0.306. The quantitative estimate of drug-likeness (QED) is 0.202. The molecule has 3 aliphatic heterocycles. The fourth-order valence-corrected chi connectivity index (χ4v) is 7.42. The maximum Gasteiger partial charge on any atom is 0.334 e. The third kappa shape index (κ3) is 7.08. The van der Waals surface area contributed by atoms with Crippen LogP contribution in [-0.4, -0.2) is 43.2 Å². The van der Waals surface area contributed by atoms with Gasteiger partial charge in [0.15, 0.2) is 12.6 Å². The molecule has 1 unspecified atom stereocenters. The lowest BCUT2D eigenvalue weighted by atomic mass is 9.95. The summed E-state index contributed by atoms with van der Waals surface area (Å²) in [5, 5.41) is 3.03. The van der Waals surface area contributed by atoms with E-state index in [2.05, 4.69) is 5.32 Å². The molecule has 8 atom stereocenters. The minimum Gasteiger partial charge on any atom is -0.346 e. The van der Waals surface area contributed by atoms with E-state index in [9.17, 15) is 4.79 Å². The summed E-state index contributed by atoms with van der Waals surface area (Å²) in [5.41, 5.74) is 3.79. The molecule has 3 aliphatic rings. The van der Waals surface area contributed by atoms with Crippen LogP contribution in [0.15, 0.2) is 121 Å². The van der Waals surface area contributed by atoms with E-state index >= 15 is 0 Å². The SMILES string of the molecule is CC(=O)N[C@H]1[C@@H](OCc2ccccc2)O[C@@H]2COC(c3ccccc3)O[C@H]2[C@H]1OP1O[C@H](c2ccccc2)[C@@H](c2ccccc2)O1. The summed E-state index contributed by atoms with van der Waals surface area (Å²) >= 11 is 0. The molecular formula is C36H36NO8P. The molecule has 0 radical (unpaired) electrons. The highest BCUT2D eigenvalue weighted by molar-refractivity contribution is 7.42. The zero-order valence-electron chi connectivity index (χ0n) is 25.3. The van der Waals surface area contributed by atoms with Gasteiger partial charge in [0.1, 0.15) is 36.6 Å². The van der Waals surface area contributed by atoms with Crippen LogP contribution in [-0.2, 0) is 43.9 Å². The first-order chi connectivity index (χ1) is 22.6. The third-order valence-corrected chi connectivity index (χ3v) is 9.39. The number of ether oxygens (including phenoxy) is 4. The standard InChI is InChI=1S/C36H36NO8P/c1-24(38)37-30-34(45-46-43-31(26-16-8-3-9-17-26)32(44-46)27-18-10-4-11-19-27)33-29(23-40-35(42-33)28-20-12-5-13-21-28)41-36(30)39-22-25-14-6-2-7-15-25/h2-21,29-36H,22-23H2,1H3,(H,37,38)/t29-,30-,31-,32-,33-,34+,35?,36+/m1/s1. The van der Waals surface area contributed by atoms with Crippen molar-refractivity contribution in [3.8, 4) is 0 Å². The highest BCUT2D eigenvalue weighted by Gasteiger charge is 2.54. The van der Waals surface area contributed by atoms with Crippen molar-refractivity contribution in [2.24, 2.45) is 0 Å². The predicted molar refractivity (Wildman–Crippen MR) is 170 cm³/mol. The number of carbonyl (C=O) groups excluding carboxylic acids is 1. The fourth-order valence-electron chi connectivity index (χ4n) is 5.99. The second-order valence-corrected chi connectivity index (χ2v) is 12.5. The lowest BCUT2D eigenvalue weighted by Gasteiger charge is -2.49. The van der Waals surface area contributed by atoms with Gasteiger partial charge >= 0.3 is 8.60 Å². The van der Waals surface area contributed by atoms with Crippen LogP contribution in [0, 0.1) is 0 Å². The molecule has 1 N–H and O–H groups in total. The number of hydrogen-bond donors (Lipinski definition) is 1. The van der Waals surface area contributed by atoms with Gasteiger partial charge in [-0.25, -0.2) is 0 Å². The average Bonchev–Trinajstić information content (AvgIpc) is 3.54. The molecule has 0 aromatic heterocycles. The van der Waals surface area contributed by atoms with Crippen LogP contribution >= 0.6 is 8.60 Å². The van der Waals surface area contributed by atoms with Crippen LogP contribution < -0.4 is 5.32 Å². The van der Waals surface area contributed by atoms with Crippen molar-refractivity contribution >= 4 is 14.5 Å². The summed E-state index contributed by atoms with van der Waals surface area (Å²) in [5.74, 6) is -0.258. The molecule has 7 rings (SSSR count).